The maximum absolute atomic E-state index is 5.80. The number of nitrogens with zero attached hydrogens (tertiary/aromatic N) is 3. The number of halogens is 3. The van der Waals surface area contributed by atoms with Crippen molar-refractivity contribution >= 4 is 48.2 Å². The summed E-state index contributed by atoms with van der Waals surface area (Å²) in [6, 6.07) is 17.7. The van der Waals surface area contributed by atoms with Crippen LogP contribution in [0.3, 0.4) is 0 Å². The number of piperidine rings is 1. The van der Waals surface area contributed by atoms with E-state index in [4.69, 9.17) is 4.42 Å². The van der Waals surface area contributed by atoms with Crippen LogP contribution in [0.5, 0.6) is 0 Å². The van der Waals surface area contributed by atoms with Crippen LogP contribution in [0.15, 0.2) is 65.5 Å². The molecular formula is C23H28Cl3N5O. The lowest BCUT2D eigenvalue weighted by atomic mass is 9.92. The third-order valence-electron chi connectivity index (χ3n) is 5.77. The van der Waals surface area contributed by atoms with Gasteiger partial charge in [-0.1, -0.05) is 30.3 Å². The molecule has 0 bridgehead atoms. The van der Waals surface area contributed by atoms with Gasteiger partial charge in [0.15, 0.2) is 5.82 Å². The van der Waals surface area contributed by atoms with Gasteiger partial charge >= 0.3 is 0 Å². The van der Waals surface area contributed by atoms with Crippen molar-refractivity contribution in [3.8, 4) is 11.4 Å². The van der Waals surface area contributed by atoms with E-state index in [1.165, 1.54) is 12.0 Å². The molecule has 32 heavy (non-hydrogen) atoms. The Morgan fingerprint density at radius 2 is 1.94 bits per heavy atom. The Balaban J connectivity index is 0.00000121. The van der Waals surface area contributed by atoms with Gasteiger partial charge in [-0.3, -0.25) is 0 Å². The lowest BCUT2D eigenvalue weighted by molar-refractivity contribution is 0.304. The minimum Gasteiger partial charge on any atom is -0.464 e. The molecular weight excluding hydrogens is 469 g/mol. The summed E-state index contributed by atoms with van der Waals surface area (Å²) in [5, 5.41) is 12.8. The molecule has 9 heteroatoms. The summed E-state index contributed by atoms with van der Waals surface area (Å²) in [6.07, 6.45) is 5.67. The van der Waals surface area contributed by atoms with Crippen LogP contribution >= 0.6 is 37.2 Å². The molecule has 0 aliphatic carbocycles. The average Bonchev–Trinajstić information content (AvgIpc) is 3.41. The molecule has 1 fully saturated rings. The van der Waals surface area contributed by atoms with Gasteiger partial charge in [0, 0.05) is 42.2 Å². The van der Waals surface area contributed by atoms with Gasteiger partial charge in [-0.2, -0.15) is 5.10 Å². The minimum atomic E-state index is 0. The molecule has 1 saturated heterocycles. The molecule has 6 nitrogen and oxygen atoms in total. The van der Waals surface area contributed by atoms with Gasteiger partial charge in [-0.05, 0) is 43.1 Å². The molecule has 4 aromatic rings. The SMILES string of the molecule is Cl.Cl.Cl.Cn1ncnc1-c1cc(CN[C@H]2CCCN[C@H]2c2ccccc2)c2occc2c1. The van der Waals surface area contributed by atoms with E-state index in [1.54, 1.807) is 17.3 Å². The first kappa shape index (κ1) is 26.2. The van der Waals surface area contributed by atoms with E-state index in [9.17, 15) is 0 Å². The van der Waals surface area contributed by atoms with Crippen molar-refractivity contribution < 1.29 is 4.42 Å². The van der Waals surface area contributed by atoms with E-state index >= 15 is 0 Å². The van der Waals surface area contributed by atoms with Gasteiger partial charge in [0.05, 0.1) is 6.26 Å². The highest BCUT2D eigenvalue weighted by Gasteiger charge is 2.26. The summed E-state index contributed by atoms with van der Waals surface area (Å²) >= 11 is 0. The predicted molar refractivity (Wildman–Crippen MR) is 135 cm³/mol. The first-order valence-corrected chi connectivity index (χ1v) is 10.2. The molecule has 1 aliphatic rings. The van der Waals surface area contributed by atoms with Crippen LogP contribution in [0.4, 0.5) is 0 Å². The fourth-order valence-corrected chi connectivity index (χ4v) is 4.33. The summed E-state index contributed by atoms with van der Waals surface area (Å²) in [5.74, 6) is 0.857. The Morgan fingerprint density at radius 1 is 1.12 bits per heavy atom. The lowest BCUT2D eigenvalue weighted by Gasteiger charge is -2.34. The molecule has 2 aromatic carbocycles. The van der Waals surface area contributed by atoms with E-state index in [-0.39, 0.29) is 37.2 Å². The minimum absolute atomic E-state index is 0. The fraction of sp³-hybridized carbons (Fsp3) is 0.304. The topological polar surface area (TPSA) is 67.9 Å². The van der Waals surface area contributed by atoms with Crippen LogP contribution in [-0.4, -0.2) is 27.4 Å². The molecule has 1 aliphatic heterocycles. The van der Waals surface area contributed by atoms with Crippen molar-refractivity contribution in [1.29, 1.82) is 0 Å². The first-order chi connectivity index (χ1) is 14.3. The standard InChI is InChI=1S/C23H25N5O.3ClH/c1-28-23(26-15-27-28)18-12-17-9-11-29-22(17)19(13-18)14-25-20-8-5-10-24-21(20)16-6-3-2-4-7-16;;;/h2-4,6-7,9,11-13,15,20-21,24-25H,5,8,10,14H2,1H3;3*1H/t20-,21-;;;/m0.../s1. The van der Waals surface area contributed by atoms with E-state index in [0.29, 0.717) is 12.1 Å². The number of fused-ring (bicyclic) bond motifs is 1. The third-order valence-corrected chi connectivity index (χ3v) is 5.77. The van der Waals surface area contributed by atoms with Gasteiger partial charge in [-0.15, -0.1) is 37.2 Å². The van der Waals surface area contributed by atoms with Crippen molar-refractivity contribution in [2.24, 2.45) is 7.05 Å². The van der Waals surface area contributed by atoms with Gasteiger partial charge in [-0.25, -0.2) is 9.67 Å². The second kappa shape index (κ2) is 11.7. The summed E-state index contributed by atoms with van der Waals surface area (Å²) in [7, 11) is 1.91. The Hall–Kier alpha value is -2.09. The Labute approximate surface area is 206 Å². The number of aromatic nitrogens is 3. The van der Waals surface area contributed by atoms with E-state index in [2.05, 4.69) is 63.2 Å². The molecule has 0 saturated carbocycles. The normalized spacial score (nSPS) is 17.8. The fourth-order valence-electron chi connectivity index (χ4n) is 4.33. The molecule has 172 valence electrons. The van der Waals surface area contributed by atoms with Crippen LogP contribution < -0.4 is 10.6 Å². The summed E-state index contributed by atoms with van der Waals surface area (Å²) < 4.78 is 7.61. The molecule has 0 amide bonds. The monoisotopic (exact) mass is 495 g/mol. The Bertz CT molecular complexity index is 1120. The Kier molecular flexibility index (Phi) is 9.55. The van der Waals surface area contributed by atoms with Crippen LogP contribution in [0, 0.1) is 0 Å². The predicted octanol–water partition coefficient (Wildman–Crippen LogP) is 5.08. The lowest BCUT2D eigenvalue weighted by Crippen LogP contribution is -2.45. The largest absolute Gasteiger partial charge is 0.464 e. The molecule has 5 rings (SSSR count). The number of hydrogen-bond donors (Lipinski definition) is 2. The van der Waals surface area contributed by atoms with Gasteiger partial charge in [0.1, 0.15) is 11.9 Å². The molecule has 0 radical (unpaired) electrons. The van der Waals surface area contributed by atoms with E-state index < -0.39 is 0 Å². The van der Waals surface area contributed by atoms with Gasteiger partial charge < -0.3 is 15.1 Å². The van der Waals surface area contributed by atoms with Crippen molar-refractivity contribution in [2.45, 2.75) is 31.5 Å². The maximum Gasteiger partial charge on any atom is 0.157 e. The summed E-state index contributed by atoms with van der Waals surface area (Å²) in [4.78, 5) is 4.41. The molecule has 2 aromatic heterocycles. The zero-order valence-corrected chi connectivity index (χ0v) is 20.2. The molecule has 2 atom stereocenters. The van der Waals surface area contributed by atoms with E-state index in [0.717, 1.165) is 47.4 Å². The Morgan fingerprint density at radius 3 is 2.69 bits per heavy atom. The number of nitrogens with one attached hydrogen (secondary N) is 2. The van der Waals surface area contributed by atoms with Crippen LogP contribution in [0.2, 0.25) is 0 Å². The maximum atomic E-state index is 5.80. The number of hydrogen-bond acceptors (Lipinski definition) is 5. The molecule has 0 unspecified atom stereocenters. The van der Waals surface area contributed by atoms with Crippen LogP contribution in [0.1, 0.15) is 30.0 Å². The second-order valence-electron chi connectivity index (χ2n) is 7.65. The van der Waals surface area contributed by atoms with Crippen LogP contribution in [-0.2, 0) is 13.6 Å². The number of rotatable bonds is 5. The molecule has 3 heterocycles. The number of benzene rings is 2. The zero-order chi connectivity index (χ0) is 19.6. The highest BCUT2D eigenvalue weighted by molar-refractivity contribution is 5.86. The van der Waals surface area contributed by atoms with Gasteiger partial charge in [0.25, 0.3) is 0 Å². The number of furan rings is 1. The van der Waals surface area contributed by atoms with Crippen molar-refractivity contribution in [2.75, 3.05) is 6.54 Å². The first-order valence-electron chi connectivity index (χ1n) is 10.2. The average molecular weight is 497 g/mol. The van der Waals surface area contributed by atoms with Crippen molar-refractivity contribution in [3.05, 3.63) is 72.2 Å². The van der Waals surface area contributed by atoms with Gasteiger partial charge in [0.2, 0.25) is 0 Å². The summed E-state index contributed by atoms with van der Waals surface area (Å²) in [5.41, 5.74) is 4.46. The smallest absolute Gasteiger partial charge is 0.157 e. The van der Waals surface area contributed by atoms with Crippen molar-refractivity contribution in [3.63, 3.8) is 0 Å². The van der Waals surface area contributed by atoms with Crippen LogP contribution in [0.25, 0.3) is 22.4 Å². The van der Waals surface area contributed by atoms with Crippen molar-refractivity contribution in [1.82, 2.24) is 25.4 Å². The molecule has 2 N–H and O–H groups in total. The van der Waals surface area contributed by atoms with E-state index in [1.807, 2.05) is 13.1 Å². The zero-order valence-electron chi connectivity index (χ0n) is 17.7. The number of aryl methyl sites for hydroxylation is 1. The second-order valence-corrected chi connectivity index (χ2v) is 7.65. The highest BCUT2D eigenvalue weighted by Crippen LogP contribution is 2.29. The highest BCUT2D eigenvalue weighted by atomic mass is 35.5. The summed E-state index contributed by atoms with van der Waals surface area (Å²) in [6.45, 7) is 1.80. The molecule has 0 spiro atoms. The quantitative estimate of drug-likeness (QED) is 0.403. The third kappa shape index (κ3) is 5.27.